The van der Waals surface area contributed by atoms with Crippen LogP contribution in [0.5, 0.6) is 0 Å². The summed E-state index contributed by atoms with van der Waals surface area (Å²) < 4.78 is 5.69. The molecular formula is C9H16N2OS. The molecule has 4 heteroatoms. The van der Waals surface area contributed by atoms with Crippen LogP contribution in [0.25, 0.3) is 0 Å². The molecule has 74 valence electrons. The number of ether oxygens (including phenoxy) is 1. The van der Waals surface area contributed by atoms with E-state index in [-0.39, 0.29) is 0 Å². The Bertz CT molecular complexity index is 208. The van der Waals surface area contributed by atoms with E-state index in [1.807, 2.05) is 11.8 Å². The van der Waals surface area contributed by atoms with Gasteiger partial charge in [-0.1, -0.05) is 11.8 Å². The Hall–Kier alpha value is -0.220. The number of amidine groups is 1. The van der Waals surface area contributed by atoms with Crippen LogP contribution < -0.4 is 5.32 Å². The zero-order chi connectivity index (χ0) is 9.10. The van der Waals surface area contributed by atoms with Crippen molar-refractivity contribution in [3.05, 3.63) is 0 Å². The highest BCUT2D eigenvalue weighted by Gasteiger charge is 2.21. The number of rotatable bonds is 2. The molecule has 0 amide bonds. The Morgan fingerprint density at radius 1 is 1.62 bits per heavy atom. The molecule has 0 spiro atoms. The fraction of sp³-hybridized carbons (Fsp3) is 0.889. The quantitative estimate of drug-likeness (QED) is 0.728. The van der Waals surface area contributed by atoms with Crippen LogP contribution in [0.3, 0.4) is 0 Å². The molecule has 2 rings (SSSR count). The van der Waals surface area contributed by atoms with Gasteiger partial charge in [0.15, 0.2) is 5.17 Å². The van der Waals surface area contributed by atoms with Crippen LogP contribution in [0, 0.1) is 0 Å². The largest absolute Gasteiger partial charge is 0.373 e. The summed E-state index contributed by atoms with van der Waals surface area (Å²) in [5.41, 5.74) is 0. The van der Waals surface area contributed by atoms with Crippen molar-refractivity contribution in [3.8, 4) is 0 Å². The summed E-state index contributed by atoms with van der Waals surface area (Å²) in [6.45, 7) is 4.03. The summed E-state index contributed by atoms with van der Waals surface area (Å²) in [4.78, 5) is 4.33. The highest BCUT2D eigenvalue weighted by Crippen LogP contribution is 2.18. The van der Waals surface area contributed by atoms with Gasteiger partial charge in [-0.05, 0) is 19.8 Å². The van der Waals surface area contributed by atoms with Crippen LogP contribution in [-0.4, -0.2) is 36.2 Å². The maximum Gasteiger partial charge on any atom is 0.156 e. The van der Waals surface area contributed by atoms with Gasteiger partial charge in [0.25, 0.3) is 0 Å². The Morgan fingerprint density at radius 2 is 2.54 bits per heavy atom. The van der Waals surface area contributed by atoms with Gasteiger partial charge < -0.3 is 10.1 Å². The van der Waals surface area contributed by atoms with Crippen LogP contribution in [0.1, 0.15) is 19.8 Å². The molecule has 0 aromatic carbocycles. The van der Waals surface area contributed by atoms with Gasteiger partial charge in [-0.15, -0.1) is 0 Å². The van der Waals surface area contributed by atoms with Crippen molar-refractivity contribution >= 4 is 16.9 Å². The predicted molar refractivity (Wildman–Crippen MR) is 56.3 cm³/mol. The lowest BCUT2D eigenvalue weighted by Gasteiger charge is -2.12. The van der Waals surface area contributed by atoms with Crippen molar-refractivity contribution in [2.24, 2.45) is 4.99 Å². The van der Waals surface area contributed by atoms with Gasteiger partial charge in [-0.3, -0.25) is 4.99 Å². The fourth-order valence-electron chi connectivity index (χ4n) is 1.68. The highest BCUT2D eigenvalue weighted by molar-refractivity contribution is 8.14. The van der Waals surface area contributed by atoms with Crippen LogP contribution in [-0.2, 0) is 4.74 Å². The molecular weight excluding hydrogens is 184 g/mol. The minimum atomic E-state index is 0.402. The summed E-state index contributed by atoms with van der Waals surface area (Å²) in [6.07, 6.45) is 3.24. The molecule has 1 saturated heterocycles. The maximum atomic E-state index is 5.69. The molecule has 0 aromatic heterocycles. The first kappa shape index (κ1) is 9.34. The Balaban J connectivity index is 1.67. The van der Waals surface area contributed by atoms with Crippen molar-refractivity contribution in [1.29, 1.82) is 0 Å². The number of hydrogen-bond donors (Lipinski definition) is 1. The Labute approximate surface area is 83.3 Å². The van der Waals surface area contributed by atoms with Crippen molar-refractivity contribution in [2.75, 3.05) is 18.8 Å². The van der Waals surface area contributed by atoms with E-state index in [0.717, 1.165) is 24.0 Å². The number of nitrogens with zero attached hydrogens (tertiary/aromatic N) is 1. The summed E-state index contributed by atoms with van der Waals surface area (Å²) in [7, 11) is 0. The molecule has 2 aliphatic rings. The molecule has 3 nitrogen and oxygen atoms in total. The van der Waals surface area contributed by atoms with Crippen molar-refractivity contribution in [2.45, 2.75) is 32.0 Å². The molecule has 2 heterocycles. The topological polar surface area (TPSA) is 33.6 Å². The van der Waals surface area contributed by atoms with Gasteiger partial charge in [0.1, 0.15) is 0 Å². The standard InChI is InChI=1S/C9H16N2OS/c1-7-2-3-8(12-7)6-11-9-10-4-5-13-9/h7-8H,2-6H2,1H3,(H,10,11). The molecule has 2 atom stereocenters. The van der Waals surface area contributed by atoms with Crippen LogP contribution in [0.15, 0.2) is 4.99 Å². The van der Waals surface area contributed by atoms with Crippen LogP contribution in [0.4, 0.5) is 0 Å². The average Bonchev–Trinajstić information content (AvgIpc) is 2.71. The van der Waals surface area contributed by atoms with Crippen LogP contribution >= 0.6 is 11.8 Å². The third-order valence-corrected chi connectivity index (χ3v) is 3.32. The molecule has 0 saturated carbocycles. The van der Waals surface area contributed by atoms with Crippen molar-refractivity contribution in [1.82, 2.24) is 5.32 Å². The van der Waals surface area contributed by atoms with E-state index < -0.39 is 0 Å². The first-order valence-electron chi connectivity index (χ1n) is 4.91. The Kier molecular flexibility index (Phi) is 3.11. The average molecular weight is 200 g/mol. The van der Waals surface area contributed by atoms with E-state index in [4.69, 9.17) is 4.74 Å². The maximum absolute atomic E-state index is 5.69. The molecule has 0 aromatic rings. The first-order valence-corrected chi connectivity index (χ1v) is 5.90. The molecule has 0 radical (unpaired) electrons. The summed E-state index contributed by atoms with van der Waals surface area (Å²) in [5.74, 6) is 1.13. The minimum Gasteiger partial charge on any atom is -0.373 e. The van der Waals surface area contributed by atoms with Gasteiger partial charge >= 0.3 is 0 Å². The number of thioether (sulfide) groups is 1. The monoisotopic (exact) mass is 200 g/mol. The smallest absolute Gasteiger partial charge is 0.156 e. The van der Waals surface area contributed by atoms with Gasteiger partial charge in [0.2, 0.25) is 0 Å². The molecule has 1 fully saturated rings. The van der Waals surface area contributed by atoms with E-state index in [9.17, 15) is 0 Å². The minimum absolute atomic E-state index is 0.402. The lowest BCUT2D eigenvalue weighted by atomic mass is 10.2. The number of nitrogens with one attached hydrogen (secondary N) is 1. The molecule has 2 aliphatic heterocycles. The van der Waals surface area contributed by atoms with E-state index in [2.05, 4.69) is 17.2 Å². The molecule has 1 N–H and O–H groups in total. The van der Waals surface area contributed by atoms with Crippen molar-refractivity contribution in [3.63, 3.8) is 0 Å². The highest BCUT2D eigenvalue weighted by atomic mass is 32.2. The molecule has 2 unspecified atom stereocenters. The normalized spacial score (nSPS) is 33.5. The SMILES string of the molecule is CC1CCC(CNC2=NCCS2)O1. The fourth-order valence-corrected chi connectivity index (χ4v) is 2.42. The van der Waals surface area contributed by atoms with Gasteiger partial charge in [-0.25, -0.2) is 0 Å². The second kappa shape index (κ2) is 4.33. The van der Waals surface area contributed by atoms with Gasteiger partial charge in [0, 0.05) is 12.3 Å². The number of hydrogen-bond acceptors (Lipinski definition) is 4. The zero-order valence-electron chi connectivity index (χ0n) is 7.95. The van der Waals surface area contributed by atoms with E-state index >= 15 is 0 Å². The summed E-state index contributed by atoms with van der Waals surface area (Å²) in [5, 5.41) is 4.43. The number of aliphatic imine (C=N–C) groups is 1. The summed E-state index contributed by atoms with van der Waals surface area (Å²) in [6, 6.07) is 0. The summed E-state index contributed by atoms with van der Waals surface area (Å²) >= 11 is 1.81. The molecule has 0 aliphatic carbocycles. The lowest BCUT2D eigenvalue weighted by molar-refractivity contribution is 0.0588. The third-order valence-electron chi connectivity index (χ3n) is 2.39. The lowest BCUT2D eigenvalue weighted by Crippen LogP contribution is -2.29. The van der Waals surface area contributed by atoms with E-state index in [1.54, 1.807) is 0 Å². The van der Waals surface area contributed by atoms with Gasteiger partial charge in [-0.2, -0.15) is 0 Å². The second-order valence-corrected chi connectivity index (χ2v) is 4.65. The molecule has 0 bridgehead atoms. The third kappa shape index (κ3) is 2.61. The first-order chi connectivity index (χ1) is 6.34. The van der Waals surface area contributed by atoms with Crippen LogP contribution in [0.2, 0.25) is 0 Å². The zero-order valence-corrected chi connectivity index (χ0v) is 8.77. The van der Waals surface area contributed by atoms with Crippen molar-refractivity contribution < 1.29 is 4.74 Å². The van der Waals surface area contributed by atoms with E-state index in [0.29, 0.717) is 12.2 Å². The molecule has 13 heavy (non-hydrogen) atoms. The Morgan fingerprint density at radius 3 is 3.15 bits per heavy atom. The van der Waals surface area contributed by atoms with Gasteiger partial charge in [0.05, 0.1) is 18.8 Å². The second-order valence-electron chi connectivity index (χ2n) is 3.56. The predicted octanol–water partition coefficient (Wildman–Crippen LogP) is 1.25. The van der Waals surface area contributed by atoms with E-state index in [1.165, 1.54) is 12.8 Å².